The van der Waals surface area contributed by atoms with Gasteiger partial charge in [0, 0.05) is 77.3 Å². The van der Waals surface area contributed by atoms with Crippen molar-refractivity contribution in [3.63, 3.8) is 0 Å². The van der Waals surface area contributed by atoms with E-state index in [-0.39, 0.29) is 21.7 Å². The molecule has 0 atom stereocenters. The van der Waals surface area contributed by atoms with Crippen LogP contribution in [0.15, 0.2) is 195 Å². The second kappa shape index (κ2) is 14.9. The number of hydrogen-bond donors (Lipinski definition) is 0. The Balaban J connectivity index is 0.875. The topological polar surface area (TPSA) is 42.7 Å². The van der Waals surface area contributed by atoms with Gasteiger partial charge in [-0.15, -0.1) is 0 Å². The van der Waals surface area contributed by atoms with E-state index in [1.807, 2.05) is 6.07 Å². The van der Waals surface area contributed by atoms with Crippen LogP contribution in [0.4, 0.5) is 17.1 Å². The standard InChI is InChI=1S/C73H57NO3/c1-70(2,3)41-24-22-40(23-25-41)51-37-59-65(68-50-18-12-15-21-62(50)77-69(51)68)48-31-28-43(35-56(48)73(59,8)9)74(44-27-30-47-46-16-10-13-19-60(46)76-64(47)36-44)42-26-29-45-52-38-58-53(39-57(52)72(6,7)55(45)34-42)66-54(71(58,4)5)32-33-63-67(66)49-17-11-14-20-61(49)75-63/h10-39H,1-9H3. The third-order valence-corrected chi connectivity index (χ3v) is 18.4. The molecule has 0 saturated carbocycles. The van der Waals surface area contributed by atoms with Crippen molar-refractivity contribution in [1.29, 1.82) is 0 Å². The highest BCUT2D eigenvalue weighted by Crippen LogP contribution is 2.60. The Bertz CT molecular complexity index is 4750. The Hall–Kier alpha value is -8.60. The fourth-order valence-corrected chi connectivity index (χ4v) is 14.3. The molecule has 16 rings (SSSR count). The molecule has 3 aromatic heterocycles. The van der Waals surface area contributed by atoms with Gasteiger partial charge in [0.05, 0.1) is 0 Å². The molecule has 4 nitrogen and oxygen atoms in total. The van der Waals surface area contributed by atoms with Crippen LogP contribution in [0.5, 0.6) is 0 Å². The Kier molecular flexibility index (Phi) is 8.62. The first-order valence-electron chi connectivity index (χ1n) is 27.3. The summed E-state index contributed by atoms with van der Waals surface area (Å²) in [6.07, 6.45) is 0. The summed E-state index contributed by atoms with van der Waals surface area (Å²) in [4.78, 5) is 2.45. The molecule has 0 spiro atoms. The van der Waals surface area contributed by atoms with Gasteiger partial charge in [0.15, 0.2) is 0 Å². The molecule has 0 fully saturated rings. The molecular formula is C73H57NO3. The minimum atomic E-state index is -0.343. The number of furan rings is 3. The van der Waals surface area contributed by atoms with Crippen molar-refractivity contribution in [3.05, 3.63) is 221 Å². The molecule has 3 aliphatic rings. The van der Waals surface area contributed by atoms with Crippen LogP contribution in [0.3, 0.4) is 0 Å². The summed E-state index contributed by atoms with van der Waals surface area (Å²) in [5.74, 6) is 0. The van der Waals surface area contributed by atoms with Gasteiger partial charge in [0.1, 0.15) is 33.5 Å². The van der Waals surface area contributed by atoms with Gasteiger partial charge in [-0.05, 0) is 162 Å². The van der Waals surface area contributed by atoms with E-state index >= 15 is 0 Å². The molecule has 3 aliphatic carbocycles. The van der Waals surface area contributed by atoms with Crippen LogP contribution in [-0.4, -0.2) is 0 Å². The molecule has 0 radical (unpaired) electrons. The molecular weight excluding hydrogens is 939 g/mol. The molecule has 0 saturated heterocycles. The molecule has 3 heterocycles. The van der Waals surface area contributed by atoms with Gasteiger partial charge in [-0.1, -0.05) is 159 Å². The highest BCUT2D eigenvalue weighted by atomic mass is 16.3. The second-order valence-corrected chi connectivity index (χ2v) is 24.8. The largest absolute Gasteiger partial charge is 0.456 e. The van der Waals surface area contributed by atoms with E-state index < -0.39 is 0 Å². The van der Waals surface area contributed by atoms with Crippen LogP contribution in [0.2, 0.25) is 0 Å². The fraction of sp³-hybridized carbons (Fsp3) is 0.178. The Morgan fingerprint density at radius 3 is 1.55 bits per heavy atom. The average molecular weight is 996 g/mol. The molecule has 13 aromatic rings. The molecule has 0 N–H and O–H groups in total. The van der Waals surface area contributed by atoms with Crippen molar-refractivity contribution in [1.82, 2.24) is 0 Å². The van der Waals surface area contributed by atoms with E-state index in [0.29, 0.717) is 0 Å². The zero-order valence-corrected chi connectivity index (χ0v) is 45.0. The van der Waals surface area contributed by atoms with Gasteiger partial charge in [-0.3, -0.25) is 0 Å². The molecule has 0 amide bonds. The van der Waals surface area contributed by atoms with Gasteiger partial charge >= 0.3 is 0 Å². The summed E-state index contributed by atoms with van der Waals surface area (Å²) in [5, 5.41) is 6.94. The van der Waals surface area contributed by atoms with E-state index in [4.69, 9.17) is 13.3 Å². The summed E-state index contributed by atoms with van der Waals surface area (Å²) >= 11 is 0. The molecule has 0 unspecified atom stereocenters. The van der Waals surface area contributed by atoms with Crippen LogP contribution >= 0.6 is 0 Å². The van der Waals surface area contributed by atoms with Crippen LogP contribution in [-0.2, 0) is 21.7 Å². The van der Waals surface area contributed by atoms with E-state index in [9.17, 15) is 0 Å². The number of para-hydroxylation sites is 3. The Morgan fingerprint density at radius 2 is 0.831 bits per heavy atom. The highest BCUT2D eigenvalue weighted by molar-refractivity contribution is 6.19. The quantitative estimate of drug-likeness (QED) is 0.176. The SMILES string of the molecule is CC(C)(C)c1ccc(-c2cc3c(c4c2oc2ccccc24)-c2ccc(N(c4ccc5c(c4)C(C)(C)c4cc6c(cc4-5)C(C)(C)c4ccc5oc7ccccc7c5c4-6)c4ccc5c(c4)oc4ccccc45)cc2C3(C)C)cc1. The molecule has 4 heteroatoms. The predicted octanol–water partition coefficient (Wildman–Crippen LogP) is 20.7. The van der Waals surface area contributed by atoms with Crippen LogP contribution in [0, 0.1) is 0 Å². The number of hydrogen-bond acceptors (Lipinski definition) is 4. The van der Waals surface area contributed by atoms with Gasteiger partial charge in [-0.2, -0.15) is 0 Å². The zero-order valence-electron chi connectivity index (χ0n) is 45.0. The summed E-state index contributed by atoms with van der Waals surface area (Å²) in [5.41, 5.74) is 27.3. The second-order valence-electron chi connectivity index (χ2n) is 24.8. The zero-order chi connectivity index (χ0) is 52.2. The first kappa shape index (κ1) is 44.7. The predicted molar refractivity (Wildman–Crippen MR) is 320 cm³/mol. The van der Waals surface area contributed by atoms with Crippen LogP contribution in [0.25, 0.3) is 110 Å². The number of rotatable bonds is 4. The van der Waals surface area contributed by atoms with Gasteiger partial charge in [-0.25, -0.2) is 0 Å². The smallest absolute Gasteiger partial charge is 0.143 e. The van der Waals surface area contributed by atoms with Crippen molar-refractivity contribution in [2.75, 3.05) is 4.90 Å². The third kappa shape index (κ3) is 5.93. The van der Waals surface area contributed by atoms with Crippen molar-refractivity contribution in [2.24, 2.45) is 0 Å². The number of fused-ring (bicyclic) bond motifs is 20. The minimum absolute atomic E-state index is 0.0508. The monoisotopic (exact) mass is 995 g/mol. The lowest BCUT2D eigenvalue weighted by Gasteiger charge is -2.29. The molecule has 372 valence electrons. The fourth-order valence-electron chi connectivity index (χ4n) is 14.3. The van der Waals surface area contributed by atoms with Gasteiger partial charge in [0.2, 0.25) is 0 Å². The molecule has 0 aliphatic heterocycles. The normalized spacial score (nSPS) is 15.4. The lowest BCUT2D eigenvalue weighted by atomic mass is 9.79. The van der Waals surface area contributed by atoms with Crippen molar-refractivity contribution < 1.29 is 13.3 Å². The van der Waals surface area contributed by atoms with E-state index in [2.05, 4.69) is 243 Å². The maximum absolute atomic E-state index is 6.91. The molecule has 10 aromatic carbocycles. The maximum atomic E-state index is 6.91. The number of benzene rings is 10. The first-order valence-corrected chi connectivity index (χ1v) is 27.3. The lowest BCUT2D eigenvalue weighted by Crippen LogP contribution is -2.18. The Labute approximate surface area is 448 Å². The number of anilines is 3. The van der Waals surface area contributed by atoms with Crippen molar-refractivity contribution in [2.45, 2.75) is 84.0 Å². The van der Waals surface area contributed by atoms with Gasteiger partial charge in [0.25, 0.3) is 0 Å². The van der Waals surface area contributed by atoms with Crippen LogP contribution < -0.4 is 4.90 Å². The minimum Gasteiger partial charge on any atom is -0.456 e. The molecule has 77 heavy (non-hydrogen) atoms. The summed E-state index contributed by atoms with van der Waals surface area (Å²) in [7, 11) is 0. The molecule has 0 bridgehead atoms. The first-order chi connectivity index (χ1) is 37.1. The van der Waals surface area contributed by atoms with Crippen LogP contribution in [0.1, 0.15) is 101 Å². The highest BCUT2D eigenvalue weighted by Gasteiger charge is 2.44. The van der Waals surface area contributed by atoms with Crippen molar-refractivity contribution >= 4 is 82.9 Å². The average Bonchev–Trinajstić information content (AvgIpc) is 4.27. The van der Waals surface area contributed by atoms with Crippen molar-refractivity contribution in [3.8, 4) is 44.5 Å². The van der Waals surface area contributed by atoms with E-state index in [1.165, 1.54) is 88.5 Å². The summed E-state index contributed by atoms with van der Waals surface area (Å²) < 4.78 is 20.0. The third-order valence-electron chi connectivity index (χ3n) is 18.4. The van der Waals surface area contributed by atoms with Gasteiger partial charge < -0.3 is 18.2 Å². The lowest BCUT2D eigenvalue weighted by molar-refractivity contribution is 0.590. The Morgan fingerprint density at radius 1 is 0.338 bits per heavy atom. The van der Waals surface area contributed by atoms with E-state index in [1.54, 1.807) is 0 Å². The summed E-state index contributed by atoms with van der Waals surface area (Å²) in [6, 6.07) is 67.6. The maximum Gasteiger partial charge on any atom is 0.143 e. The summed E-state index contributed by atoms with van der Waals surface area (Å²) in [6.45, 7) is 21.2. The number of nitrogens with zero attached hydrogens (tertiary/aromatic N) is 1. The van der Waals surface area contributed by atoms with E-state index in [0.717, 1.165) is 77.8 Å².